The zero-order valence-corrected chi connectivity index (χ0v) is 11.7. The number of halogens is 1. The second-order valence-electron chi connectivity index (χ2n) is 4.88. The SMILES string of the molecule is CCC(C)C(N)CN(C)Cc1cccc(Cl)c1. The van der Waals surface area contributed by atoms with Crippen LogP contribution in [0, 0.1) is 5.92 Å². The molecule has 0 spiro atoms. The highest BCUT2D eigenvalue weighted by molar-refractivity contribution is 6.30. The molecule has 1 aromatic carbocycles. The maximum atomic E-state index is 6.14. The Morgan fingerprint density at radius 2 is 2.12 bits per heavy atom. The van der Waals surface area contributed by atoms with Gasteiger partial charge in [-0.2, -0.15) is 0 Å². The predicted octanol–water partition coefficient (Wildman–Crippen LogP) is 3.15. The number of hydrogen-bond donors (Lipinski definition) is 1. The van der Waals surface area contributed by atoms with E-state index in [1.807, 2.05) is 18.2 Å². The van der Waals surface area contributed by atoms with Crippen molar-refractivity contribution in [3.63, 3.8) is 0 Å². The van der Waals surface area contributed by atoms with E-state index in [9.17, 15) is 0 Å². The lowest BCUT2D eigenvalue weighted by molar-refractivity contribution is 0.267. The Bertz CT molecular complexity index is 341. The molecule has 0 fully saturated rings. The maximum absolute atomic E-state index is 6.14. The van der Waals surface area contributed by atoms with E-state index in [1.165, 1.54) is 5.56 Å². The van der Waals surface area contributed by atoms with Crippen LogP contribution in [0.1, 0.15) is 25.8 Å². The van der Waals surface area contributed by atoms with Gasteiger partial charge >= 0.3 is 0 Å². The fourth-order valence-corrected chi connectivity index (χ4v) is 2.07. The zero-order valence-electron chi connectivity index (χ0n) is 11.0. The fourth-order valence-electron chi connectivity index (χ4n) is 1.85. The molecule has 0 aliphatic heterocycles. The first kappa shape index (κ1) is 14.5. The van der Waals surface area contributed by atoms with Gasteiger partial charge in [0.2, 0.25) is 0 Å². The van der Waals surface area contributed by atoms with Crippen LogP contribution in [0.3, 0.4) is 0 Å². The minimum atomic E-state index is 0.240. The molecular weight excluding hydrogens is 232 g/mol. The molecule has 0 aliphatic carbocycles. The van der Waals surface area contributed by atoms with Crippen molar-refractivity contribution < 1.29 is 0 Å². The number of benzene rings is 1. The Labute approximate surface area is 110 Å². The molecule has 0 radical (unpaired) electrons. The van der Waals surface area contributed by atoms with Gasteiger partial charge in [-0.1, -0.05) is 44.0 Å². The van der Waals surface area contributed by atoms with Gasteiger partial charge in [0.1, 0.15) is 0 Å². The molecule has 0 saturated heterocycles. The standard InChI is InChI=1S/C14H23ClN2/c1-4-11(2)14(16)10-17(3)9-12-6-5-7-13(15)8-12/h5-8,11,14H,4,9-10,16H2,1-3H3. The Balaban J connectivity index is 2.47. The quantitative estimate of drug-likeness (QED) is 0.845. The Morgan fingerprint density at radius 3 is 2.71 bits per heavy atom. The summed E-state index contributed by atoms with van der Waals surface area (Å²) in [6.45, 7) is 6.20. The van der Waals surface area contributed by atoms with Crippen LogP contribution in [0.4, 0.5) is 0 Å². The van der Waals surface area contributed by atoms with Crippen LogP contribution < -0.4 is 5.73 Å². The highest BCUT2D eigenvalue weighted by Gasteiger charge is 2.13. The Hall–Kier alpha value is -0.570. The summed E-state index contributed by atoms with van der Waals surface area (Å²) in [5.74, 6) is 0.566. The van der Waals surface area contributed by atoms with Crippen molar-refractivity contribution >= 4 is 11.6 Å². The van der Waals surface area contributed by atoms with Gasteiger partial charge in [0.25, 0.3) is 0 Å². The first-order valence-electron chi connectivity index (χ1n) is 6.21. The summed E-state index contributed by atoms with van der Waals surface area (Å²) in [6, 6.07) is 8.23. The lowest BCUT2D eigenvalue weighted by atomic mass is 10.00. The van der Waals surface area contributed by atoms with E-state index in [2.05, 4.69) is 31.9 Å². The van der Waals surface area contributed by atoms with Crippen LogP contribution in [-0.2, 0) is 6.54 Å². The minimum absolute atomic E-state index is 0.240. The maximum Gasteiger partial charge on any atom is 0.0409 e. The summed E-state index contributed by atoms with van der Waals surface area (Å²) in [6.07, 6.45) is 1.13. The summed E-state index contributed by atoms with van der Waals surface area (Å²) in [5, 5.41) is 0.794. The van der Waals surface area contributed by atoms with Crippen LogP contribution in [0.15, 0.2) is 24.3 Å². The molecule has 3 heteroatoms. The number of likely N-dealkylation sites (N-methyl/N-ethyl adjacent to an activating group) is 1. The second-order valence-corrected chi connectivity index (χ2v) is 5.31. The van der Waals surface area contributed by atoms with Crippen molar-refractivity contribution in [1.29, 1.82) is 0 Å². The highest BCUT2D eigenvalue weighted by Crippen LogP contribution is 2.13. The molecule has 0 aliphatic rings. The summed E-state index contributed by atoms with van der Waals surface area (Å²) >= 11 is 5.96. The molecule has 0 amide bonds. The minimum Gasteiger partial charge on any atom is -0.326 e. The summed E-state index contributed by atoms with van der Waals surface area (Å²) in [4.78, 5) is 2.25. The van der Waals surface area contributed by atoms with Crippen molar-refractivity contribution in [2.75, 3.05) is 13.6 Å². The van der Waals surface area contributed by atoms with Gasteiger partial charge in [0.15, 0.2) is 0 Å². The molecule has 0 heterocycles. The largest absolute Gasteiger partial charge is 0.326 e. The van der Waals surface area contributed by atoms with E-state index in [4.69, 9.17) is 17.3 Å². The van der Waals surface area contributed by atoms with E-state index in [-0.39, 0.29) is 6.04 Å². The van der Waals surface area contributed by atoms with E-state index in [0.29, 0.717) is 5.92 Å². The molecule has 2 unspecified atom stereocenters. The van der Waals surface area contributed by atoms with Gasteiger partial charge in [-0.15, -0.1) is 0 Å². The number of hydrogen-bond acceptors (Lipinski definition) is 2. The second kappa shape index (κ2) is 7.00. The van der Waals surface area contributed by atoms with Crippen molar-refractivity contribution in [1.82, 2.24) is 4.90 Å². The molecular formula is C14H23ClN2. The van der Waals surface area contributed by atoms with Crippen LogP contribution in [0.5, 0.6) is 0 Å². The molecule has 1 rings (SSSR count). The van der Waals surface area contributed by atoms with Gasteiger partial charge < -0.3 is 10.6 Å². The normalized spacial score (nSPS) is 14.9. The molecule has 2 N–H and O–H groups in total. The van der Waals surface area contributed by atoms with Gasteiger partial charge in [0, 0.05) is 24.2 Å². The molecule has 0 bridgehead atoms. The lowest BCUT2D eigenvalue weighted by Crippen LogP contribution is -2.39. The van der Waals surface area contributed by atoms with E-state index >= 15 is 0 Å². The monoisotopic (exact) mass is 254 g/mol. The third-order valence-electron chi connectivity index (χ3n) is 3.24. The number of nitrogens with two attached hydrogens (primary N) is 1. The van der Waals surface area contributed by atoms with Crippen molar-refractivity contribution in [2.45, 2.75) is 32.9 Å². The average molecular weight is 255 g/mol. The smallest absolute Gasteiger partial charge is 0.0409 e. The van der Waals surface area contributed by atoms with Gasteiger partial charge in [-0.05, 0) is 30.7 Å². The topological polar surface area (TPSA) is 29.3 Å². The first-order valence-corrected chi connectivity index (χ1v) is 6.59. The van der Waals surface area contributed by atoms with Crippen LogP contribution in [-0.4, -0.2) is 24.5 Å². The van der Waals surface area contributed by atoms with E-state index < -0.39 is 0 Å². The Kier molecular flexibility index (Phi) is 5.96. The molecule has 17 heavy (non-hydrogen) atoms. The molecule has 1 aromatic rings. The van der Waals surface area contributed by atoms with Crippen LogP contribution in [0.25, 0.3) is 0 Å². The molecule has 0 aromatic heterocycles. The van der Waals surface area contributed by atoms with Crippen molar-refractivity contribution in [3.05, 3.63) is 34.9 Å². The molecule has 96 valence electrons. The fraction of sp³-hybridized carbons (Fsp3) is 0.571. The molecule has 2 nitrogen and oxygen atoms in total. The average Bonchev–Trinajstić information content (AvgIpc) is 2.27. The summed E-state index contributed by atoms with van der Waals surface area (Å²) in [7, 11) is 2.10. The molecule has 2 atom stereocenters. The molecule has 0 saturated carbocycles. The van der Waals surface area contributed by atoms with Crippen LogP contribution >= 0.6 is 11.6 Å². The third-order valence-corrected chi connectivity index (χ3v) is 3.47. The lowest BCUT2D eigenvalue weighted by Gasteiger charge is -2.25. The zero-order chi connectivity index (χ0) is 12.8. The van der Waals surface area contributed by atoms with E-state index in [1.54, 1.807) is 0 Å². The first-order chi connectivity index (χ1) is 8.02. The third kappa shape index (κ3) is 5.07. The number of rotatable bonds is 6. The van der Waals surface area contributed by atoms with Crippen molar-refractivity contribution in [3.8, 4) is 0 Å². The van der Waals surface area contributed by atoms with Crippen molar-refractivity contribution in [2.24, 2.45) is 11.7 Å². The number of nitrogens with zero attached hydrogens (tertiary/aromatic N) is 1. The Morgan fingerprint density at radius 1 is 1.41 bits per heavy atom. The summed E-state index contributed by atoms with van der Waals surface area (Å²) < 4.78 is 0. The summed E-state index contributed by atoms with van der Waals surface area (Å²) in [5.41, 5.74) is 7.38. The highest BCUT2D eigenvalue weighted by atomic mass is 35.5. The van der Waals surface area contributed by atoms with Gasteiger partial charge in [0.05, 0.1) is 0 Å². The van der Waals surface area contributed by atoms with Gasteiger partial charge in [-0.25, -0.2) is 0 Å². The van der Waals surface area contributed by atoms with Crippen LogP contribution in [0.2, 0.25) is 5.02 Å². The predicted molar refractivity (Wildman–Crippen MR) is 75.2 cm³/mol. The van der Waals surface area contributed by atoms with Gasteiger partial charge in [-0.3, -0.25) is 0 Å². The van der Waals surface area contributed by atoms with E-state index in [0.717, 1.165) is 24.5 Å².